The standard InChI is InChI=1S/C15H13Br2FO/c1-10-5-6-13(18)7-12(10)9-19-15-11(8-16)3-2-4-14(15)17/h2-7H,8-9H2,1H3. The molecular formula is C15H13Br2FO. The van der Waals surface area contributed by atoms with Crippen molar-refractivity contribution in [2.45, 2.75) is 18.9 Å². The van der Waals surface area contributed by atoms with Crippen LogP contribution in [0.2, 0.25) is 0 Å². The minimum atomic E-state index is -0.239. The van der Waals surface area contributed by atoms with E-state index < -0.39 is 0 Å². The van der Waals surface area contributed by atoms with E-state index in [-0.39, 0.29) is 5.82 Å². The fraction of sp³-hybridized carbons (Fsp3) is 0.200. The molecule has 0 aromatic heterocycles. The van der Waals surface area contributed by atoms with Gasteiger partial charge in [-0.05, 0) is 52.2 Å². The molecule has 0 aliphatic heterocycles. The van der Waals surface area contributed by atoms with Crippen molar-refractivity contribution in [1.82, 2.24) is 0 Å². The molecule has 0 aliphatic carbocycles. The third kappa shape index (κ3) is 3.57. The maximum atomic E-state index is 13.2. The molecule has 2 rings (SSSR count). The predicted molar refractivity (Wildman–Crippen MR) is 82.2 cm³/mol. The average Bonchev–Trinajstić information content (AvgIpc) is 2.40. The molecule has 100 valence electrons. The van der Waals surface area contributed by atoms with E-state index in [1.54, 1.807) is 6.07 Å². The molecule has 2 aromatic rings. The number of rotatable bonds is 4. The Morgan fingerprint density at radius 2 is 1.95 bits per heavy atom. The van der Waals surface area contributed by atoms with Crippen LogP contribution in [0.5, 0.6) is 5.75 Å². The van der Waals surface area contributed by atoms with E-state index in [4.69, 9.17) is 4.74 Å². The number of aryl methyl sites for hydroxylation is 1. The molecule has 0 spiro atoms. The van der Waals surface area contributed by atoms with Gasteiger partial charge in [-0.1, -0.05) is 34.1 Å². The zero-order valence-electron chi connectivity index (χ0n) is 10.4. The fourth-order valence-corrected chi connectivity index (χ4v) is 2.73. The van der Waals surface area contributed by atoms with Crippen LogP contribution in [0.15, 0.2) is 40.9 Å². The van der Waals surface area contributed by atoms with Gasteiger partial charge in [0.1, 0.15) is 18.2 Å². The van der Waals surface area contributed by atoms with E-state index in [0.29, 0.717) is 11.9 Å². The Kier molecular flexibility index (Phi) is 4.99. The molecule has 0 saturated carbocycles. The maximum absolute atomic E-state index is 13.2. The Bertz CT molecular complexity index is 584. The number of ether oxygens (including phenoxy) is 1. The minimum absolute atomic E-state index is 0.239. The molecule has 0 radical (unpaired) electrons. The first-order chi connectivity index (χ1) is 9.11. The topological polar surface area (TPSA) is 9.23 Å². The van der Waals surface area contributed by atoms with E-state index >= 15 is 0 Å². The first-order valence-corrected chi connectivity index (χ1v) is 7.74. The normalized spacial score (nSPS) is 10.5. The van der Waals surface area contributed by atoms with Crippen molar-refractivity contribution in [1.29, 1.82) is 0 Å². The van der Waals surface area contributed by atoms with Gasteiger partial charge >= 0.3 is 0 Å². The maximum Gasteiger partial charge on any atom is 0.138 e. The quantitative estimate of drug-likeness (QED) is 0.640. The van der Waals surface area contributed by atoms with Crippen LogP contribution in [-0.2, 0) is 11.9 Å². The van der Waals surface area contributed by atoms with Crippen molar-refractivity contribution < 1.29 is 9.13 Å². The third-order valence-corrected chi connectivity index (χ3v) is 4.10. The van der Waals surface area contributed by atoms with Crippen LogP contribution < -0.4 is 4.74 Å². The zero-order chi connectivity index (χ0) is 13.8. The molecule has 1 nitrogen and oxygen atoms in total. The van der Waals surface area contributed by atoms with E-state index in [9.17, 15) is 4.39 Å². The van der Waals surface area contributed by atoms with E-state index in [2.05, 4.69) is 31.9 Å². The number of halogens is 3. The summed E-state index contributed by atoms with van der Waals surface area (Å²) in [5.41, 5.74) is 2.94. The van der Waals surface area contributed by atoms with Crippen LogP contribution in [-0.4, -0.2) is 0 Å². The summed E-state index contributed by atoms with van der Waals surface area (Å²) in [5, 5.41) is 0.712. The molecular weight excluding hydrogens is 375 g/mol. The minimum Gasteiger partial charge on any atom is -0.487 e. The fourth-order valence-electron chi connectivity index (χ4n) is 1.77. The molecule has 19 heavy (non-hydrogen) atoms. The van der Waals surface area contributed by atoms with Crippen molar-refractivity contribution in [3.05, 3.63) is 63.4 Å². The molecule has 2 aromatic carbocycles. The first-order valence-electron chi connectivity index (χ1n) is 5.83. The highest BCUT2D eigenvalue weighted by Gasteiger charge is 2.08. The Morgan fingerprint density at radius 1 is 1.16 bits per heavy atom. The van der Waals surface area contributed by atoms with Gasteiger partial charge < -0.3 is 4.74 Å². The molecule has 0 N–H and O–H groups in total. The second-order valence-electron chi connectivity index (χ2n) is 4.22. The predicted octanol–water partition coefficient (Wildman–Crippen LogP) is 5.37. The lowest BCUT2D eigenvalue weighted by molar-refractivity contribution is 0.300. The van der Waals surface area contributed by atoms with Gasteiger partial charge in [-0.15, -0.1) is 0 Å². The number of para-hydroxylation sites is 1. The highest BCUT2D eigenvalue weighted by molar-refractivity contribution is 9.10. The van der Waals surface area contributed by atoms with Crippen molar-refractivity contribution in [3.8, 4) is 5.75 Å². The number of hydrogen-bond acceptors (Lipinski definition) is 1. The Morgan fingerprint density at radius 3 is 2.68 bits per heavy atom. The lowest BCUT2D eigenvalue weighted by atomic mass is 10.1. The molecule has 0 aliphatic rings. The molecule has 0 unspecified atom stereocenters. The van der Waals surface area contributed by atoms with Crippen LogP contribution in [0.1, 0.15) is 16.7 Å². The van der Waals surface area contributed by atoms with Crippen LogP contribution in [0.4, 0.5) is 4.39 Å². The van der Waals surface area contributed by atoms with E-state index in [1.807, 2.05) is 25.1 Å². The summed E-state index contributed by atoms with van der Waals surface area (Å²) in [6, 6.07) is 10.6. The van der Waals surface area contributed by atoms with E-state index in [0.717, 1.165) is 26.9 Å². The van der Waals surface area contributed by atoms with Gasteiger partial charge in [-0.25, -0.2) is 4.39 Å². The highest BCUT2D eigenvalue weighted by atomic mass is 79.9. The number of alkyl halides is 1. The molecule has 0 amide bonds. The smallest absolute Gasteiger partial charge is 0.138 e. The lowest BCUT2D eigenvalue weighted by Crippen LogP contribution is -2.01. The summed E-state index contributed by atoms with van der Waals surface area (Å²) in [6.45, 7) is 2.30. The van der Waals surface area contributed by atoms with Gasteiger partial charge in [0.05, 0.1) is 4.47 Å². The van der Waals surface area contributed by atoms with Crippen molar-refractivity contribution >= 4 is 31.9 Å². The second-order valence-corrected chi connectivity index (χ2v) is 5.64. The summed E-state index contributed by atoms with van der Waals surface area (Å²) < 4.78 is 20.0. The number of benzene rings is 2. The first kappa shape index (κ1) is 14.5. The van der Waals surface area contributed by atoms with Crippen LogP contribution in [0.25, 0.3) is 0 Å². The Hall–Kier alpha value is -0.870. The van der Waals surface area contributed by atoms with Crippen LogP contribution >= 0.6 is 31.9 Å². The van der Waals surface area contributed by atoms with Gasteiger partial charge in [0.25, 0.3) is 0 Å². The Labute approximate surface area is 129 Å². The largest absolute Gasteiger partial charge is 0.487 e. The number of hydrogen-bond donors (Lipinski definition) is 0. The molecule has 0 atom stereocenters. The van der Waals surface area contributed by atoms with Gasteiger partial charge in [0.15, 0.2) is 0 Å². The zero-order valence-corrected chi connectivity index (χ0v) is 13.6. The summed E-state index contributed by atoms with van der Waals surface area (Å²) in [6.07, 6.45) is 0. The average molecular weight is 388 g/mol. The summed E-state index contributed by atoms with van der Waals surface area (Å²) >= 11 is 6.91. The van der Waals surface area contributed by atoms with Crippen molar-refractivity contribution in [3.63, 3.8) is 0 Å². The molecule has 0 fully saturated rings. The molecule has 0 heterocycles. The molecule has 4 heteroatoms. The van der Waals surface area contributed by atoms with Gasteiger partial charge in [0.2, 0.25) is 0 Å². The summed E-state index contributed by atoms with van der Waals surface area (Å²) in [5.74, 6) is 0.556. The van der Waals surface area contributed by atoms with Crippen molar-refractivity contribution in [2.24, 2.45) is 0 Å². The van der Waals surface area contributed by atoms with Crippen LogP contribution in [0.3, 0.4) is 0 Å². The second kappa shape index (κ2) is 6.53. The van der Waals surface area contributed by atoms with Gasteiger partial charge in [-0.3, -0.25) is 0 Å². The highest BCUT2D eigenvalue weighted by Crippen LogP contribution is 2.31. The van der Waals surface area contributed by atoms with E-state index in [1.165, 1.54) is 12.1 Å². The lowest BCUT2D eigenvalue weighted by Gasteiger charge is -2.13. The van der Waals surface area contributed by atoms with Gasteiger partial charge in [-0.2, -0.15) is 0 Å². The summed E-state index contributed by atoms with van der Waals surface area (Å²) in [7, 11) is 0. The SMILES string of the molecule is Cc1ccc(F)cc1COc1c(Br)cccc1CBr. The Balaban J connectivity index is 2.21. The third-order valence-electron chi connectivity index (χ3n) is 2.88. The monoisotopic (exact) mass is 386 g/mol. The van der Waals surface area contributed by atoms with Crippen molar-refractivity contribution in [2.75, 3.05) is 0 Å². The van der Waals surface area contributed by atoms with Crippen LogP contribution in [0, 0.1) is 12.7 Å². The molecule has 0 saturated heterocycles. The summed E-state index contributed by atoms with van der Waals surface area (Å²) in [4.78, 5) is 0. The molecule has 0 bridgehead atoms. The van der Waals surface area contributed by atoms with Gasteiger partial charge in [0, 0.05) is 10.9 Å².